The summed E-state index contributed by atoms with van der Waals surface area (Å²) >= 11 is 0. The molecule has 14 heavy (non-hydrogen) atoms. The molecule has 0 aliphatic heterocycles. The zero-order chi connectivity index (χ0) is 10.6. The minimum Gasteiger partial charge on any atom is -0.303 e. The largest absolute Gasteiger partial charge is 0.303 e. The zero-order valence-corrected chi connectivity index (χ0v) is 8.92. The summed E-state index contributed by atoms with van der Waals surface area (Å²) in [5.41, 5.74) is 1.50. The summed E-state index contributed by atoms with van der Waals surface area (Å²) in [7, 11) is 0. The minimum absolute atomic E-state index is 0.256. The molecule has 1 fully saturated rings. The van der Waals surface area contributed by atoms with Crippen LogP contribution in [0.15, 0.2) is 11.6 Å². The molecule has 1 unspecified atom stereocenters. The molecule has 1 atom stereocenters. The van der Waals surface area contributed by atoms with Gasteiger partial charge in [-0.25, -0.2) is 0 Å². The summed E-state index contributed by atoms with van der Waals surface area (Å²) in [6.07, 6.45) is 6.26. The summed E-state index contributed by atoms with van der Waals surface area (Å²) in [5, 5.41) is 8.58. The van der Waals surface area contributed by atoms with E-state index < -0.39 is 0 Å². The van der Waals surface area contributed by atoms with Gasteiger partial charge in [0.2, 0.25) is 0 Å². The van der Waals surface area contributed by atoms with Crippen LogP contribution in [0.3, 0.4) is 0 Å². The molecule has 76 valence electrons. The molecule has 0 spiro atoms. The lowest BCUT2D eigenvalue weighted by Crippen LogP contribution is -2.17. The highest BCUT2D eigenvalue weighted by molar-refractivity contribution is 5.49. The Balaban J connectivity index is 2.65. The fraction of sp³-hybridized carbons (Fsp3) is 0.667. The number of allylic oxidation sites excluding steroid dienone is 2. The van der Waals surface area contributed by atoms with Crippen LogP contribution in [0.1, 0.15) is 39.5 Å². The summed E-state index contributed by atoms with van der Waals surface area (Å²) < 4.78 is 0. The first-order valence-electron chi connectivity index (χ1n) is 5.11. The maximum atomic E-state index is 10.3. The van der Waals surface area contributed by atoms with Crippen molar-refractivity contribution in [2.24, 2.45) is 11.3 Å². The van der Waals surface area contributed by atoms with Crippen molar-refractivity contribution in [2.45, 2.75) is 39.5 Å². The molecule has 0 aromatic carbocycles. The number of carbonyl (C=O) groups excluding carboxylic acids is 1. The number of rotatable bonds is 3. The van der Waals surface area contributed by atoms with Crippen molar-refractivity contribution in [3.05, 3.63) is 11.6 Å². The smallest absolute Gasteiger partial charge is 0.120 e. The molecule has 2 nitrogen and oxygen atoms in total. The van der Waals surface area contributed by atoms with Crippen LogP contribution < -0.4 is 0 Å². The van der Waals surface area contributed by atoms with Crippen LogP contribution in [-0.2, 0) is 4.79 Å². The molecule has 2 heteroatoms. The van der Waals surface area contributed by atoms with Crippen molar-refractivity contribution in [1.29, 1.82) is 5.26 Å². The predicted octanol–water partition coefficient (Wildman–Crippen LogP) is 2.85. The van der Waals surface area contributed by atoms with Gasteiger partial charge in [0, 0.05) is 12.5 Å². The molecule has 0 aromatic heterocycles. The van der Waals surface area contributed by atoms with Gasteiger partial charge in [-0.3, -0.25) is 0 Å². The Hall–Kier alpha value is -1.10. The normalized spacial score (nSPS) is 27.5. The van der Waals surface area contributed by atoms with E-state index in [2.05, 4.69) is 19.9 Å². The molecular weight excluding hydrogens is 174 g/mol. The van der Waals surface area contributed by atoms with Gasteiger partial charge >= 0.3 is 0 Å². The first-order chi connectivity index (χ1) is 6.60. The third-order valence-electron chi connectivity index (χ3n) is 3.20. The molecule has 0 bridgehead atoms. The predicted molar refractivity (Wildman–Crippen MR) is 55.5 cm³/mol. The van der Waals surface area contributed by atoms with Crippen LogP contribution in [0.25, 0.3) is 0 Å². The second kappa shape index (κ2) is 4.41. The molecule has 0 radical (unpaired) electrons. The molecule has 0 amide bonds. The van der Waals surface area contributed by atoms with Crippen LogP contribution in [-0.4, -0.2) is 6.29 Å². The summed E-state index contributed by atoms with van der Waals surface area (Å²) in [5.74, 6) is 0.562. The molecule has 0 heterocycles. The second-order valence-corrected chi connectivity index (χ2v) is 4.74. The van der Waals surface area contributed by atoms with Crippen LogP contribution in [0, 0.1) is 22.7 Å². The Morgan fingerprint density at radius 1 is 1.64 bits per heavy atom. The van der Waals surface area contributed by atoms with Gasteiger partial charge in [-0.05, 0) is 30.6 Å². The average molecular weight is 191 g/mol. The maximum Gasteiger partial charge on any atom is 0.120 e. The summed E-state index contributed by atoms with van der Waals surface area (Å²) in [6.45, 7) is 4.45. The Bertz CT molecular complexity index is 283. The molecule has 1 aliphatic carbocycles. The minimum atomic E-state index is 0.256. The Morgan fingerprint density at radius 2 is 2.36 bits per heavy atom. The fourth-order valence-electron chi connectivity index (χ4n) is 2.36. The van der Waals surface area contributed by atoms with Crippen LogP contribution >= 0.6 is 0 Å². The maximum absolute atomic E-state index is 10.3. The van der Waals surface area contributed by atoms with Gasteiger partial charge in [-0.15, -0.1) is 0 Å². The molecule has 0 saturated heterocycles. The molecule has 1 aliphatic rings. The number of aldehydes is 1. The second-order valence-electron chi connectivity index (χ2n) is 4.74. The Morgan fingerprint density at radius 3 is 2.93 bits per heavy atom. The first kappa shape index (κ1) is 11.0. The van der Waals surface area contributed by atoms with E-state index in [1.165, 1.54) is 5.57 Å². The first-order valence-corrected chi connectivity index (χ1v) is 5.11. The Kier molecular flexibility index (Phi) is 3.46. The van der Waals surface area contributed by atoms with E-state index in [0.29, 0.717) is 12.3 Å². The van der Waals surface area contributed by atoms with Gasteiger partial charge in [0.25, 0.3) is 0 Å². The highest BCUT2D eigenvalue weighted by atomic mass is 16.1. The van der Waals surface area contributed by atoms with Crippen molar-refractivity contribution < 1.29 is 4.79 Å². The summed E-state index contributed by atoms with van der Waals surface area (Å²) in [6, 6.07) is 2.09. The number of hydrogen-bond acceptors (Lipinski definition) is 2. The topological polar surface area (TPSA) is 40.9 Å². The SMILES string of the molecule is CC1(C)C/C(=C/C#N)CC1CCC=O. The van der Waals surface area contributed by atoms with Crippen LogP contribution in [0.4, 0.5) is 0 Å². The van der Waals surface area contributed by atoms with Gasteiger partial charge in [0.05, 0.1) is 6.07 Å². The molecule has 1 rings (SSSR count). The average Bonchev–Trinajstić information content (AvgIpc) is 2.38. The van der Waals surface area contributed by atoms with Gasteiger partial charge in [0.15, 0.2) is 0 Å². The van der Waals surface area contributed by atoms with Crippen LogP contribution in [0.5, 0.6) is 0 Å². The fourth-order valence-corrected chi connectivity index (χ4v) is 2.36. The van der Waals surface area contributed by atoms with E-state index in [4.69, 9.17) is 5.26 Å². The standard InChI is InChI=1S/C12H17NO/c1-12(2)9-10(5-6-13)8-11(12)4-3-7-14/h5,7,11H,3-4,8-9H2,1-2H3/b10-5+. The van der Waals surface area contributed by atoms with E-state index in [0.717, 1.165) is 25.5 Å². The van der Waals surface area contributed by atoms with Crippen molar-refractivity contribution in [2.75, 3.05) is 0 Å². The molecule has 1 saturated carbocycles. The van der Waals surface area contributed by atoms with Crippen molar-refractivity contribution in [1.82, 2.24) is 0 Å². The van der Waals surface area contributed by atoms with Crippen molar-refractivity contribution in [3.63, 3.8) is 0 Å². The lowest BCUT2D eigenvalue weighted by molar-refractivity contribution is -0.108. The van der Waals surface area contributed by atoms with Gasteiger partial charge < -0.3 is 4.79 Å². The Labute approximate surface area is 85.6 Å². The van der Waals surface area contributed by atoms with Gasteiger partial charge in [-0.1, -0.05) is 19.4 Å². The number of hydrogen-bond donors (Lipinski definition) is 0. The highest BCUT2D eigenvalue weighted by Crippen LogP contribution is 2.47. The van der Waals surface area contributed by atoms with E-state index in [1.807, 2.05) is 0 Å². The monoisotopic (exact) mass is 191 g/mol. The van der Waals surface area contributed by atoms with E-state index in [9.17, 15) is 4.79 Å². The third kappa shape index (κ3) is 2.45. The number of nitriles is 1. The van der Waals surface area contributed by atoms with E-state index in [1.54, 1.807) is 6.08 Å². The number of nitrogens with zero attached hydrogens (tertiary/aromatic N) is 1. The molecular formula is C12H17NO. The quantitative estimate of drug-likeness (QED) is 0.508. The van der Waals surface area contributed by atoms with Gasteiger partial charge in [0.1, 0.15) is 6.29 Å². The molecule has 0 aromatic rings. The lowest BCUT2D eigenvalue weighted by Gasteiger charge is -2.25. The lowest BCUT2D eigenvalue weighted by atomic mass is 9.79. The van der Waals surface area contributed by atoms with Crippen molar-refractivity contribution in [3.8, 4) is 6.07 Å². The van der Waals surface area contributed by atoms with Crippen molar-refractivity contribution >= 4 is 6.29 Å². The zero-order valence-electron chi connectivity index (χ0n) is 8.92. The summed E-state index contributed by atoms with van der Waals surface area (Å²) in [4.78, 5) is 10.3. The van der Waals surface area contributed by atoms with E-state index >= 15 is 0 Å². The number of carbonyl (C=O) groups is 1. The van der Waals surface area contributed by atoms with Crippen LogP contribution in [0.2, 0.25) is 0 Å². The highest BCUT2D eigenvalue weighted by Gasteiger charge is 2.36. The third-order valence-corrected chi connectivity index (χ3v) is 3.20. The van der Waals surface area contributed by atoms with Gasteiger partial charge in [-0.2, -0.15) is 5.26 Å². The molecule has 0 N–H and O–H groups in total. The van der Waals surface area contributed by atoms with E-state index in [-0.39, 0.29) is 5.41 Å².